The van der Waals surface area contributed by atoms with Crippen LogP contribution in [0.4, 0.5) is 0 Å². The fourth-order valence-electron chi connectivity index (χ4n) is 0.870. The highest BCUT2D eigenvalue weighted by Gasteiger charge is 2.35. The molecule has 0 aliphatic carbocycles. The second kappa shape index (κ2) is 6.62. The Morgan fingerprint density at radius 1 is 1.62 bits per heavy atom. The van der Waals surface area contributed by atoms with Gasteiger partial charge >= 0.3 is 5.97 Å². The van der Waals surface area contributed by atoms with Crippen LogP contribution in [0.5, 0.6) is 0 Å². The summed E-state index contributed by atoms with van der Waals surface area (Å²) in [6.07, 6.45) is -0.416. The van der Waals surface area contributed by atoms with Gasteiger partial charge in [0.25, 0.3) is 0 Å². The van der Waals surface area contributed by atoms with E-state index < -0.39 is 12.1 Å². The van der Waals surface area contributed by atoms with Crippen molar-refractivity contribution in [2.75, 3.05) is 26.4 Å². The van der Waals surface area contributed by atoms with Gasteiger partial charge in [0.15, 0.2) is 0 Å². The lowest BCUT2D eigenvalue weighted by molar-refractivity contribution is -0.140. The molecule has 2 atom stereocenters. The first kappa shape index (κ1) is 13.2. The SMILES string of the molecule is C1CO1.C=C(C(=O)OCCC)C(O)C1CO1. The van der Waals surface area contributed by atoms with Crippen molar-refractivity contribution in [1.29, 1.82) is 0 Å². The molecule has 5 nitrogen and oxygen atoms in total. The van der Waals surface area contributed by atoms with Gasteiger partial charge in [-0.05, 0) is 6.42 Å². The molecule has 0 aromatic rings. The summed E-state index contributed by atoms with van der Waals surface area (Å²) in [5.41, 5.74) is 0.0796. The average Bonchev–Trinajstić information content (AvgIpc) is 3.12. The number of aliphatic hydroxyl groups excluding tert-OH is 1. The maximum Gasteiger partial charge on any atom is 0.336 e. The second-order valence-electron chi connectivity index (χ2n) is 3.59. The zero-order valence-electron chi connectivity index (χ0n) is 9.48. The molecule has 0 spiro atoms. The van der Waals surface area contributed by atoms with E-state index in [4.69, 9.17) is 9.47 Å². The highest BCUT2D eigenvalue weighted by Crippen LogP contribution is 2.19. The van der Waals surface area contributed by atoms with Gasteiger partial charge in [-0.25, -0.2) is 4.79 Å². The van der Waals surface area contributed by atoms with E-state index in [0.29, 0.717) is 13.2 Å². The van der Waals surface area contributed by atoms with Gasteiger partial charge in [0.05, 0.1) is 32.0 Å². The number of hydrogen-bond acceptors (Lipinski definition) is 5. The zero-order valence-corrected chi connectivity index (χ0v) is 9.48. The van der Waals surface area contributed by atoms with Crippen LogP contribution in [0.2, 0.25) is 0 Å². The van der Waals surface area contributed by atoms with E-state index in [-0.39, 0.29) is 11.7 Å². The summed E-state index contributed by atoms with van der Waals surface area (Å²) in [5.74, 6) is -0.537. The topological polar surface area (TPSA) is 71.6 Å². The fraction of sp³-hybridized carbons (Fsp3) is 0.727. The largest absolute Gasteiger partial charge is 0.462 e. The van der Waals surface area contributed by atoms with Crippen molar-refractivity contribution in [2.24, 2.45) is 0 Å². The quantitative estimate of drug-likeness (QED) is 0.417. The van der Waals surface area contributed by atoms with Crippen LogP contribution in [0.3, 0.4) is 0 Å². The van der Waals surface area contributed by atoms with E-state index >= 15 is 0 Å². The summed E-state index contributed by atoms with van der Waals surface area (Å²) in [5, 5.41) is 9.40. The molecule has 0 amide bonds. The lowest BCUT2D eigenvalue weighted by Gasteiger charge is -2.09. The Bertz CT molecular complexity index is 242. The summed E-state index contributed by atoms with van der Waals surface area (Å²) < 4.78 is 14.1. The summed E-state index contributed by atoms with van der Waals surface area (Å²) >= 11 is 0. The molecule has 0 aromatic heterocycles. The van der Waals surface area contributed by atoms with Crippen molar-refractivity contribution in [3.8, 4) is 0 Å². The molecule has 5 heteroatoms. The lowest BCUT2D eigenvalue weighted by atomic mass is 10.1. The number of esters is 1. The molecular weight excluding hydrogens is 212 g/mol. The van der Waals surface area contributed by atoms with Crippen LogP contribution < -0.4 is 0 Å². The van der Waals surface area contributed by atoms with Gasteiger partial charge in [0, 0.05) is 0 Å². The Kier molecular flexibility index (Phi) is 5.45. The molecule has 2 rings (SSSR count). The number of aliphatic hydroxyl groups is 1. The third kappa shape index (κ3) is 5.25. The predicted molar refractivity (Wildman–Crippen MR) is 57.0 cm³/mol. The summed E-state index contributed by atoms with van der Waals surface area (Å²) in [6, 6.07) is 0. The van der Waals surface area contributed by atoms with Crippen LogP contribution >= 0.6 is 0 Å². The van der Waals surface area contributed by atoms with Crippen molar-refractivity contribution >= 4 is 5.97 Å². The van der Waals surface area contributed by atoms with E-state index in [0.717, 1.165) is 19.6 Å². The van der Waals surface area contributed by atoms with E-state index in [1.165, 1.54) is 0 Å². The number of ether oxygens (including phenoxy) is 3. The van der Waals surface area contributed by atoms with E-state index in [1.807, 2.05) is 6.92 Å². The van der Waals surface area contributed by atoms with Gasteiger partial charge in [-0.2, -0.15) is 0 Å². The third-order valence-corrected chi connectivity index (χ3v) is 1.97. The van der Waals surface area contributed by atoms with E-state index in [2.05, 4.69) is 11.3 Å². The van der Waals surface area contributed by atoms with Crippen molar-refractivity contribution in [3.63, 3.8) is 0 Å². The van der Waals surface area contributed by atoms with Gasteiger partial charge in [0.1, 0.15) is 12.2 Å². The minimum atomic E-state index is -0.913. The van der Waals surface area contributed by atoms with Crippen molar-refractivity contribution in [2.45, 2.75) is 25.6 Å². The van der Waals surface area contributed by atoms with Crippen LogP contribution in [-0.4, -0.2) is 49.7 Å². The molecule has 0 aromatic carbocycles. The molecule has 2 saturated heterocycles. The molecule has 2 heterocycles. The molecule has 0 bridgehead atoms. The molecule has 16 heavy (non-hydrogen) atoms. The molecule has 2 unspecified atom stereocenters. The number of hydrogen-bond donors (Lipinski definition) is 1. The smallest absolute Gasteiger partial charge is 0.336 e. The van der Waals surface area contributed by atoms with Crippen LogP contribution in [0, 0.1) is 0 Å². The van der Waals surface area contributed by atoms with Crippen LogP contribution in [0.25, 0.3) is 0 Å². The van der Waals surface area contributed by atoms with Crippen LogP contribution in [0.1, 0.15) is 13.3 Å². The normalized spacial score (nSPS) is 22.5. The maximum atomic E-state index is 11.1. The minimum absolute atomic E-state index is 0.0796. The molecule has 1 N–H and O–H groups in total. The first-order valence-electron chi connectivity index (χ1n) is 5.40. The third-order valence-electron chi connectivity index (χ3n) is 1.97. The number of epoxide rings is 2. The van der Waals surface area contributed by atoms with Crippen molar-refractivity contribution in [3.05, 3.63) is 12.2 Å². The Morgan fingerprint density at radius 2 is 2.19 bits per heavy atom. The molecular formula is C11H18O5. The van der Waals surface area contributed by atoms with Crippen LogP contribution in [-0.2, 0) is 19.0 Å². The van der Waals surface area contributed by atoms with Gasteiger partial charge in [-0.3, -0.25) is 0 Å². The second-order valence-corrected chi connectivity index (χ2v) is 3.59. The van der Waals surface area contributed by atoms with Gasteiger partial charge < -0.3 is 19.3 Å². The Labute approximate surface area is 95.0 Å². The average molecular weight is 230 g/mol. The summed E-state index contributed by atoms with van der Waals surface area (Å²) in [4.78, 5) is 11.1. The first-order valence-corrected chi connectivity index (χ1v) is 5.40. The van der Waals surface area contributed by atoms with Gasteiger partial charge in [0.2, 0.25) is 0 Å². The van der Waals surface area contributed by atoms with Gasteiger partial charge in [-0.1, -0.05) is 13.5 Å². The van der Waals surface area contributed by atoms with Gasteiger partial charge in [-0.15, -0.1) is 0 Å². The Morgan fingerprint density at radius 3 is 2.56 bits per heavy atom. The fourth-order valence-corrected chi connectivity index (χ4v) is 0.870. The van der Waals surface area contributed by atoms with Crippen LogP contribution in [0.15, 0.2) is 12.2 Å². The summed E-state index contributed by atoms with van der Waals surface area (Å²) in [7, 11) is 0. The standard InChI is InChI=1S/C9H14O4.C2H4O/c1-3-4-12-9(11)6(2)8(10)7-5-13-7;1-2-3-1/h7-8,10H,2-5H2,1H3;1-2H2. The van der Waals surface area contributed by atoms with Crippen molar-refractivity contribution in [1.82, 2.24) is 0 Å². The lowest BCUT2D eigenvalue weighted by Crippen LogP contribution is -2.24. The molecule has 2 aliphatic rings. The Balaban J connectivity index is 0.000000365. The van der Waals surface area contributed by atoms with Crippen molar-refractivity contribution < 1.29 is 24.1 Å². The molecule has 2 aliphatic heterocycles. The molecule has 0 saturated carbocycles. The monoisotopic (exact) mass is 230 g/mol. The highest BCUT2D eigenvalue weighted by molar-refractivity contribution is 5.89. The first-order chi connectivity index (χ1) is 7.66. The number of rotatable bonds is 5. The maximum absolute atomic E-state index is 11.1. The highest BCUT2D eigenvalue weighted by atomic mass is 16.6. The summed E-state index contributed by atoms with van der Waals surface area (Å²) in [6.45, 7) is 8.21. The molecule has 92 valence electrons. The van der Waals surface area contributed by atoms with E-state index in [1.54, 1.807) is 0 Å². The molecule has 0 radical (unpaired) electrons. The zero-order chi connectivity index (χ0) is 12.0. The Hall–Kier alpha value is -0.910. The van der Waals surface area contributed by atoms with E-state index in [9.17, 15) is 9.90 Å². The minimum Gasteiger partial charge on any atom is -0.462 e. The predicted octanol–water partition coefficient (Wildman–Crippen LogP) is 0.272. The number of carbonyl (C=O) groups is 1. The number of carbonyl (C=O) groups excluding carboxylic acids is 1. The molecule has 2 fully saturated rings.